The highest BCUT2D eigenvalue weighted by molar-refractivity contribution is 9.10. The van der Waals surface area contributed by atoms with Crippen molar-refractivity contribution in [2.24, 2.45) is 5.92 Å². The molecule has 4 heteroatoms. The zero-order valence-corrected chi connectivity index (χ0v) is 13.2. The van der Waals surface area contributed by atoms with Gasteiger partial charge in [-0.15, -0.1) is 0 Å². The van der Waals surface area contributed by atoms with Crippen LogP contribution in [0, 0.1) is 5.92 Å². The molecule has 1 amide bonds. The van der Waals surface area contributed by atoms with E-state index in [9.17, 15) is 4.79 Å². The second-order valence-electron chi connectivity index (χ2n) is 4.37. The fraction of sp³-hybridized carbons (Fsp3) is 0.462. The van der Waals surface area contributed by atoms with Crippen LogP contribution >= 0.6 is 31.9 Å². The highest BCUT2D eigenvalue weighted by atomic mass is 79.9. The largest absolute Gasteiger partial charge is 0.355 e. The molecule has 1 aromatic carbocycles. The van der Waals surface area contributed by atoms with Crippen molar-refractivity contribution in [2.75, 3.05) is 6.54 Å². The Morgan fingerprint density at radius 3 is 2.41 bits per heavy atom. The van der Waals surface area contributed by atoms with E-state index in [2.05, 4.69) is 51.0 Å². The molecule has 0 aliphatic rings. The third-order valence-electron chi connectivity index (χ3n) is 2.50. The highest BCUT2D eigenvalue weighted by Gasteiger charge is 2.10. The molecule has 1 unspecified atom stereocenters. The van der Waals surface area contributed by atoms with Crippen LogP contribution in [0.25, 0.3) is 0 Å². The minimum absolute atomic E-state index is 0.0671. The molecule has 0 aliphatic carbocycles. The van der Waals surface area contributed by atoms with Gasteiger partial charge in [-0.3, -0.25) is 4.79 Å². The summed E-state index contributed by atoms with van der Waals surface area (Å²) in [6, 6.07) is 7.81. The average molecular weight is 363 g/mol. The van der Waals surface area contributed by atoms with Gasteiger partial charge in [0.05, 0.1) is 6.42 Å². The number of amides is 1. The van der Waals surface area contributed by atoms with Gasteiger partial charge in [-0.25, -0.2) is 0 Å². The van der Waals surface area contributed by atoms with Crippen molar-refractivity contribution in [2.45, 2.75) is 25.1 Å². The van der Waals surface area contributed by atoms with Crippen LogP contribution < -0.4 is 5.32 Å². The molecular formula is C13H17Br2NO. The van der Waals surface area contributed by atoms with Crippen molar-refractivity contribution in [1.82, 2.24) is 5.32 Å². The Morgan fingerprint density at radius 2 is 1.88 bits per heavy atom. The van der Waals surface area contributed by atoms with Gasteiger partial charge in [0.2, 0.25) is 5.91 Å². The molecule has 0 radical (unpaired) electrons. The molecule has 1 rings (SSSR count). The maximum Gasteiger partial charge on any atom is 0.224 e. The first-order chi connectivity index (χ1) is 7.99. The molecule has 2 nitrogen and oxygen atoms in total. The Morgan fingerprint density at radius 1 is 1.29 bits per heavy atom. The molecule has 0 heterocycles. The Bertz CT molecular complexity index is 362. The minimum atomic E-state index is 0.0671. The van der Waals surface area contributed by atoms with E-state index >= 15 is 0 Å². The summed E-state index contributed by atoms with van der Waals surface area (Å²) in [4.78, 5) is 12.0. The van der Waals surface area contributed by atoms with Crippen LogP contribution in [0.15, 0.2) is 28.7 Å². The lowest BCUT2D eigenvalue weighted by molar-refractivity contribution is -0.120. The Kier molecular flexibility index (Phi) is 6.20. The maximum atomic E-state index is 11.7. The molecular weight excluding hydrogens is 346 g/mol. The monoisotopic (exact) mass is 361 g/mol. The lowest BCUT2D eigenvalue weighted by Crippen LogP contribution is -2.32. The first-order valence-electron chi connectivity index (χ1n) is 5.64. The highest BCUT2D eigenvalue weighted by Crippen LogP contribution is 2.12. The molecule has 94 valence electrons. The van der Waals surface area contributed by atoms with Gasteiger partial charge < -0.3 is 5.32 Å². The Labute approximate surface area is 119 Å². The van der Waals surface area contributed by atoms with Crippen molar-refractivity contribution >= 4 is 37.8 Å². The van der Waals surface area contributed by atoms with Crippen LogP contribution in [0.2, 0.25) is 0 Å². The zero-order chi connectivity index (χ0) is 12.8. The van der Waals surface area contributed by atoms with Gasteiger partial charge in [-0.05, 0) is 23.6 Å². The average Bonchev–Trinajstić information content (AvgIpc) is 2.29. The Hall–Kier alpha value is -0.350. The number of rotatable bonds is 5. The maximum absolute atomic E-state index is 11.7. The summed E-state index contributed by atoms with van der Waals surface area (Å²) in [5.41, 5.74) is 1.03. The normalized spacial score (nSPS) is 12.5. The number of hydrogen-bond donors (Lipinski definition) is 1. The van der Waals surface area contributed by atoms with E-state index in [4.69, 9.17) is 0 Å². The molecule has 0 saturated carbocycles. The fourth-order valence-electron chi connectivity index (χ4n) is 1.30. The van der Waals surface area contributed by atoms with Crippen LogP contribution in [0.4, 0.5) is 0 Å². The van der Waals surface area contributed by atoms with E-state index in [-0.39, 0.29) is 5.91 Å². The van der Waals surface area contributed by atoms with Gasteiger partial charge in [0.15, 0.2) is 0 Å². The first-order valence-corrected chi connectivity index (χ1v) is 7.35. The summed E-state index contributed by atoms with van der Waals surface area (Å²) in [7, 11) is 0. The molecule has 0 fully saturated rings. The predicted molar refractivity (Wildman–Crippen MR) is 78.4 cm³/mol. The second kappa shape index (κ2) is 7.17. The summed E-state index contributed by atoms with van der Waals surface area (Å²) in [6.07, 6.45) is 0.436. The summed E-state index contributed by atoms with van der Waals surface area (Å²) in [5.74, 6) is 0.584. The van der Waals surface area contributed by atoms with Crippen LogP contribution in [0.5, 0.6) is 0 Å². The SMILES string of the molecule is CC(C)C(Br)CNC(=O)Cc1ccc(Br)cc1. The van der Waals surface area contributed by atoms with E-state index in [0.29, 0.717) is 23.7 Å². The number of halogens is 2. The number of alkyl halides is 1. The quantitative estimate of drug-likeness (QED) is 0.797. The molecule has 0 bridgehead atoms. The van der Waals surface area contributed by atoms with E-state index in [1.807, 2.05) is 24.3 Å². The van der Waals surface area contributed by atoms with Crippen LogP contribution in [-0.4, -0.2) is 17.3 Å². The number of nitrogens with one attached hydrogen (secondary N) is 1. The molecule has 0 aliphatic heterocycles. The van der Waals surface area contributed by atoms with E-state index < -0.39 is 0 Å². The van der Waals surface area contributed by atoms with Crippen molar-refractivity contribution in [3.63, 3.8) is 0 Å². The molecule has 1 aromatic rings. The first kappa shape index (κ1) is 14.7. The third-order valence-corrected chi connectivity index (χ3v) is 4.41. The van der Waals surface area contributed by atoms with Gasteiger partial charge in [0.25, 0.3) is 0 Å². The standard InChI is InChI=1S/C13H17Br2NO/c1-9(2)12(15)8-16-13(17)7-10-3-5-11(14)6-4-10/h3-6,9,12H,7-8H2,1-2H3,(H,16,17). The fourth-order valence-corrected chi connectivity index (χ4v) is 1.72. The summed E-state index contributed by atoms with van der Waals surface area (Å²) >= 11 is 6.92. The number of benzene rings is 1. The second-order valence-corrected chi connectivity index (χ2v) is 6.46. The smallest absolute Gasteiger partial charge is 0.224 e. The van der Waals surface area contributed by atoms with Gasteiger partial charge in [-0.2, -0.15) is 0 Å². The van der Waals surface area contributed by atoms with Crippen LogP contribution in [0.3, 0.4) is 0 Å². The van der Waals surface area contributed by atoms with Gasteiger partial charge in [-0.1, -0.05) is 57.8 Å². The van der Waals surface area contributed by atoms with E-state index in [1.165, 1.54) is 0 Å². The topological polar surface area (TPSA) is 29.1 Å². The predicted octanol–water partition coefficient (Wildman–Crippen LogP) is 3.53. The molecule has 0 aromatic heterocycles. The van der Waals surface area contributed by atoms with Crippen molar-refractivity contribution in [3.8, 4) is 0 Å². The van der Waals surface area contributed by atoms with Crippen LogP contribution in [-0.2, 0) is 11.2 Å². The van der Waals surface area contributed by atoms with E-state index in [0.717, 1.165) is 10.0 Å². The lowest BCUT2D eigenvalue weighted by atomic mass is 10.1. The molecule has 1 N–H and O–H groups in total. The number of carbonyl (C=O) groups excluding carboxylic acids is 1. The van der Waals surface area contributed by atoms with E-state index in [1.54, 1.807) is 0 Å². The van der Waals surface area contributed by atoms with Crippen LogP contribution in [0.1, 0.15) is 19.4 Å². The summed E-state index contributed by atoms with van der Waals surface area (Å²) in [6.45, 7) is 4.92. The summed E-state index contributed by atoms with van der Waals surface area (Å²) in [5, 5.41) is 2.93. The number of carbonyl (C=O) groups is 1. The molecule has 1 atom stereocenters. The van der Waals surface area contributed by atoms with Crippen molar-refractivity contribution < 1.29 is 4.79 Å². The minimum Gasteiger partial charge on any atom is -0.355 e. The van der Waals surface area contributed by atoms with Crippen molar-refractivity contribution in [1.29, 1.82) is 0 Å². The van der Waals surface area contributed by atoms with Gasteiger partial charge in [0.1, 0.15) is 0 Å². The van der Waals surface area contributed by atoms with Gasteiger partial charge in [0, 0.05) is 15.8 Å². The lowest BCUT2D eigenvalue weighted by Gasteiger charge is -2.14. The third kappa shape index (κ3) is 5.68. The molecule has 17 heavy (non-hydrogen) atoms. The Balaban J connectivity index is 2.37. The molecule has 0 saturated heterocycles. The zero-order valence-electron chi connectivity index (χ0n) is 10.0. The van der Waals surface area contributed by atoms with Gasteiger partial charge >= 0.3 is 0 Å². The number of hydrogen-bond acceptors (Lipinski definition) is 1. The summed E-state index contributed by atoms with van der Waals surface area (Å²) < 4.78 is 1.03. The molecule has 0 spiro atoms. The van der Waals surface area contributed by atoms with Crippen molar-refractivity contribution in [3.05, 3.63) is 34.3 Å².